The fraction of sp³-hybridized carbons (Fsp3) is 0.538. The second kappa shape index (κ2) is 5.55. The average molecular weight is 240 g/mol. The monoisotopic (exact) mass is 239 g/mol. The molecule has 1 aliphatic carbocycles. The lowest BCUT2D eigenvalue weighted by molar-refractivity contribution is 0.313. The highest BCUT2D eigenvalue weighted by Gasteiger charge is 2.20. The molecule has 1 aromatic rings. The van der Waals surface area contributed by atoms with Crippen LogP contribution < -0.4 is 10.1 Å². The van der Waals surface area contributed by atoms with E-state index < -0.39 is 0 Å². The first-order valence-corrected chi connectivity index (χ1v) is 6.32. The normalized spacial score (nSPS) is 15.1. The summed E-state index contributed by atoms with van der Waals surface area (Å²) >= 11 is 6.14. The first-order chi connectivity index (χ1) is 7.81. The first kappa shape index (κ1) is 11.7. The van der Waals surface area contributed by atoms with E-state index in [-0.39, 0.29) is 0 Å². The Bertz CT molecular complexity index is 350. The molecule has 0 unspecified atom stereocenters. The zero-order chi connectivity index (χ0) is 11.4. The lowest BCUT2D eigenvalue weighted by Gasteiger charge is -2.13. The summed E-state index contributed by atoms with van der Waals surface area (Å²) in [6.45, 7) is 3.67. The van der Waals surface area contributed by atoms with Crippen molar-refractivity contribution in [3.63, 3.8) is 0 Å². The molecule has 0 bridgehead atoms. The summed E-state index contributed by atoms with van der Waals surface area (Å²) in [5.41, 5.74) is 1.16. The van der Waals surface area contributed by atoms with Crippen molar-refractivity contribution in [1.29, 1.82) is 0 Å². The number of ether oxygens (including phenoxy) is 1. The minimum absolute atomic E-state index is 0.706. The molecule has 0 saturated heterocycles. The van der Waals surface area contributed by atoms with Crippen LogP contribution in [0.3, 0.4) is 0 Å². The lowest BCUT2D eigenvalue weighted by Crippen LogP contribution is -2.16. The Labute approximate surface area is 102 Å². The fourth-order valence-electron chi connectivity index (χ4n) is 1.60. The lowest BCUT2D eigenvalue weighted by atomic mass is 10.2. The van der Waals surface area contributed by atoms with Crippen LogP contribution in [-0.2, 0) is 6.54 Å². The number of para-hydroxylation sites is 1. The van der Waals surface area contributed by atoms with E-state index in [2.05, 4.69) is 18.3 Å². The Morgan fingerprint density at radius 2 is 2.25 bits per heavy atom. The van der Waals surface area contributed by atoms with Gasteiger partial charge in [0.15, 0.2) is 0 Å². The minimum Gasteiger partial charge on any atom is -0.492 e. The second-order valence-corrected chi connectivity index (χ2v) is 4.64. The van der Waals surface area contributed by atoms with Crippen LogP contribution in [0.5, 0.6) is 5.75 Å². The third kappa shape index (κ3) is 3.13. The van der Waals surface area contributed by atoms with E-state index in [0.717, 1.165) is 30.9 Å². The van der Waals surface area contributed by atoms with Crippen molar-refractivity contribution in [2.75, 3.05) is 6.61 Å². The van der Waals surface area contributed by atoms with Gasteiger partial charge in [-0.15, -0.1) is 0 Å². The number of hydrogen-bond donors (Lipinski definition) is 1. The Morgan fingerprint density at radius 1 is 1.44 bits per heavy atom. The van der Waals surface area contributed by atoms with Crippen molar-refractivity contribution in [1.82, 2.24) is 5.32 Å². The highest BCUT2D eigenvalue weighted by molar-refractivity contribution is 6.32. The number of benzene rings is 1. The molecule has 0 aliphatic heterocycles. The largest absolute Gasteiger partial charge is 0.492 e. The van der Waals surface area contributed by atoms with Gasteiger partial charge in [-0.2, -0.15) is 0 Å². The zero-order valence-corrected chi connectivity index (χ0v) is 10.4. The fourth-order valence-corrected chi connectivity index (χ4v) is 1.85. The molecule has 0 atom stereocenters. The second-order valence-electron chi connectivity index (χ2n) is 4.23. The van der Waals surface area contributed by atoms with Crippen LogP contribution in [0, 0.1) is 0 Å². The van der Waals surface area contributed by atoms with Gasteiger partial charge in [0.25, 0.3) is 0 Å². The molecule has 0 aromatic heterocycles. The summed E-state index contributed by atoms with van der Waals surface area (Å²) in [6.07, 6.45) is 3.60. The van der Waals surface area contributed by atoms with Gasteiger partial charge in [0.2, 0.25) is 0 Å². The zero-order valence-electron chi connectivity index (χ0n) is 9.63. The molecule has 3 heteroatoms. The maximum atomic E-state index is 6.14. The molecule has 2 nitrogen and oxygen atoms in total. The van der Waals surface area contributed by atoms with Gasteiger partial charge in [0, 0.05) is 18.2 Å². The van der Waals surface area contributed by atoms with E-state index in [0.29, 0.717) is 11.1 Å². The summed E-state index contributed by atoms with van der Waals surface area (Å²) in [7, 11) is 0. The summed E-state index contributed by atoms with van der Waals surface area (Å²) < 4.78 is 5.70. The van der Waals surface area contributed by atoms with Gasteiger partial charge in [-0.1, -0.05) is 30.7 Å². The van der Waals surface area contributed by atoms with Crippen molar-refractivity contribution < 1.29 is 4.74 Å². The van der Waals surface area contributed by atoms with Crippen LogP contribution in [-0.4, -0.2) is 12.6 Å². The Kier molecular flexibility index (Phi) is 4.08. The van der Waals surface area contributed by atoms with Gasteiger partial charge in [-0.25, -0.2) is 0 Å². The van der Waals surface area contributed by atoms with Gasteiger partial charge in [-0.3, -0.25) is 0 Å². The smallest absolute Gasteiger partial charge is 0.142 e. The molecule has 0 radical (unpaired) electrons. The molecule has 0 heterocycles. The third-order valence-corrected chi connectivity index (χ3v) is 2.96. The molecular weight excluding hydrogens is 222 g/mol. The molecule has 88 valence electrons. The standard InChI is InChI=1S/C13H18ClNO/c1-2-8-16-13-10(4-3-5-12(13)14)9-15-11-6-7-11/h3-5,11,15H,2,6-9H2,1H3. The molecule has 2 rings (SSSR count). The number of rotatable bonds is 6. The average Bonchev–Trinajstić information content (AvgIpc) is 3.09. The third-order valence-electron chi connectivity index (χ3n) is 2.66. The van der Waals surface area contributed by atoms with E-state index in [4.69, 9.17) is 16.3 Å². The first-order valence-electron chi connectivity index (χ1n) is 5.95. The number of nitrogens with one attached hydrogen (secondary N) is 1. The highest BCUT2D eigenvalue weighted by atomic mass is 35.5. The van der Waals surface area contributed by atoms with E-state index >= 15 is 0 Å². The van der Waals surface area contributed by atoms with Crippen molar-refractivity contribution in [3.05, 3.63) is 28.8 Å². The minimum atomic E-state index is 0.706. The van der Waals surface area contributed by atoms with Crippen LogP contribution in [0.15, 0.2) is 18.2 Å². The molecule has 1 saturated carbocycles. The van der Waals surface area contributed by atoms with Crippen LogP contribution >= 0.6 is 11.6 Å². The maximum absolute atomic E-state index is 6.14. The Morgan fingerprint density at radius 3 is 2.94 bits per heavy atom. The van der Waals surface area contributed by atoms with Crippen LogP contribution in [0.25, 0.3) is 0 Å². The summed E-state index contributed by atoms with van der Waals surface area (Å²) in [5.74, 6) is 0.846. The maximum Gasteiger partial charge on any atom is 0.142 e. The van der Waals surface area contributed by atoms with E-state index in [1.54, 1.807) is 0 Å². The van der Waals surface area contributed by atoms with Gasteiger partial charge in [0.1, 0.15) is 5.75 Å². The topological polar surface area (TPSA) is 21.3 Å². The summed E-state index contributed by atoms with van der Waals surface area (Å²) in [5, 5.41) is 4.19. The predicted molar refractivity (Wildman–Crippen MR) is 67.1 cm³/mol. The van der Waals surface area contributed by atoms with Crippen molar-refractivity contribution in [2.45, 2.75) is 38.8 Å². The number of halogens is 1. The molecule has 1 N–H and O–H groups in total. The summed E-state index contributed by atoms with van der Waals surface area (Å²) in [4.78, 5) is 0. The SMILES string of the molecule is CCCOc1c(Cl)cccc1CNC1CC1. The molecule has 0 spiro atoms. The van der Waals surface area contributed by atoms with Crippen LogP contribution in [0.2, 0.25) is 5.02 Å². The molecule has 0 amide bonds. The van der Waals surface area contributed by atoms with Crippen LogP contribution in [0.1, 0.15) is 31.7 Å². The van der Waals surface area contributed by atoms with Crippen molar-refractivity contribution in [3.8, 4) is 5.75 Å². The van der Waals surface area contributed by atoms with E-state index in [9.17, 15) is 0 Å². The Balaban J connectivity index is 2.04. The Hall–Kier alpha value is -0.730. The summed E-state index contributed by atoms with van der Waals surface area (Å²) in [6, 6.07) is 6.64. The van der Waals surface area contributed by atoms with Gasteiger partial charge < -0.3 is 10.1 Å². The quantitative estimate of drug-likeness (QED) is 0.822. The molecule has 16 heavy (non-hydrogen) atoms. The van der Waals surface area contributed by atoms with Crippen molar-refractivity contribution >= 4 is 11.6 Å². The highest BCUT2D eigenvalue weighted by Crippen LogP contribution is 2.29. The van der Waals surface area contributed by atoms with Gasteiger partial charge >= 0.3 is 0 Å². The van der Waals surface area contributed by atoms with E-state index in [1.807, 2.05) is 12.1 Å². The van der Waals surface area contributed by atoms with E-state index in [1.165, 1.54) is 12.8 Å². The molecule has 1 aliphatic rings. The van der Waals surface area contributed by atoms with Gasteiger partial charge in [0.05, 0.1) is 11.6 Å². The van der Waals surface area contributed by atoms with Crippen LogP contribution in [0.4, 0.5) is 0 Å². The van der Waals surface area contributed by atoms with Crippen molar-refractivity contribution in [2.24, 2.45) is 0 Å². The van der Waals surface area contributed by atoms with Gasteiger partial charge in [-0.05, 0) is 25.3 Å². The molecular formula is C13H18ClNO. The number of hydrogen-bond acceptors (Lipinski definition) is 2. The molecule has 1 aromatic carbocycles. The predicted octanol–water partition coefficient (Wildman–Crippen LogP) is 3.38. The molecule has 1 fully saturated rings.